The maximum Gasteiger partial charge on any atom is 0.227 e. The van der Waals surface area contributed by atoms with Crippen LogP contribution in [0.3, 0.4) is 0 Å². The van der Waals surface area contributed by atoms with Crippen LogP contribution in [0.2, 0.25) is 0 Å². The molecule has 0 aliphatic rings. The fourth-order valence-electron chi connectivity index (χ4n) is 1.93. The van der Waals surface area contributed by atoms with Crippen LogP contribution in [0.25, 0.3) is 0 Å². The van der Waals surface area contributed by atoms with Crippen molar-refractivity contribution in [3.63, 3.8) is 0 Å². The molecule has 0 bridgehead atoms. The quantitative estimate of drug-likeness (QED) is 0.762. The van der Waals surface area contributed by atoms with Crippen LogP contribution in [0.15, 0.2) is 24.3 Å². The van der Waals surface area contributed by atoms with Crippen molar-refractivity contribution in [2.24, 2.45) is 0 Å². The van der Waals surface area contributed by atoms with Gasteiger partial charge in [0.25, 0.3) is 0 Å². The van der Waals surface area contributed by atoms with Crippen molar-refractivity contribution in [1.82, 2.24) is 4.90 Å². The lowest BCUT2D eigenvalue weighted by atomic mass is 10.1. The fraction of sp³-hybridized carbons (Fsp3) is 0.500. The molecule has 0 saturated heterocycles. The Morgan fingerprint density at radius 3 is 2.56 bits per heavy atom. The summed E-state index contributed by atoms with van der Waals surface area (Å²) >= 11 is 0. The summed E-state index contributed by atoms with van der Waals surface area (Å²) in [6, 6.07) is 8.42. The first-order valence-electron chi connectivity index (χ1n) is 5.89. The molecule has 2 heteroatoms. The summed E-state index contributed by atoms with van der Waals surface area (Å²) in [5.41, 5.74) is 2.31. The number of nitrogens with zero attached hydrogens (tertiary/aromatic N) is 1. The average molecular weight is 219 g/mol. The van der Waals surface area contributed by atoms with Gasteiger partial charge in [0.2, 0.25) is 5.91 Å². The Labute approximate surface area is 98.3 Å². The molecule has 0 saturated carbocycles. The summed E-state index contributed by atoms with van der Waals surface area (Å²) in [4.78, 5) is 13.9. The van der Waals surface area contributed by atoms with Crippen molar-refractivity contribution in [3.05, 3.63) is 35.4 Å². The van der Waals surface area contributed by atoms with E-state index < -0.39 is 0 Å². The number of hydrogen-bond acceptors (Lipinski definition) is 1. The second-order valence-corrected chi connectivity index (χ2v) is 4.44. The van der Waals surface area contributed by atoms with Crippen molar-refractivity contribution in [3.8, 4) is 0 Å². The minimum absolute atomic E-state index is 0.211. The van der Waals surface area contributed by atoms with Crippen LogP contribution in [0.4, 0.5) is 0 Å². The molecular weight excluding hydrogens is 198 g/mol. The van der Waals surface area contributed by atoms with E-state index >= 15 is 0 Å². The molecule has 0 aromatic heterocycles. The lowest BCUT2D eigenvalue weighted by Gasteiger charge is -2.25. The van der Waals surface area contributed by atoms with E-state index in [1.807, 2.05) is 36.9 Å². The Kier molecular flexibility index (Phi) is 4.53. The molecule has 0 N–H and O–H groups in total. The third-order valence-electron chi connectivity index (χ3n) is 2.72. The van der Waals surface area contributed by atoms with Gasteiger partial charge < -0.3 is 4.90 Å². The molecule has 0 unspecified atom stereocenters. The maximum atomic E-state index is 12.0. The van der Waals surface area contributed by atoms with Crippen molar-refractivity contribution >= 4 is 5.91 Å². The SMILES string of the molecule is CCN(C(=O)Cc1cccc(C)c1)C(C)C. The van der Waals surface area contributed by atoms with E-state index in [2.05, 4.69) is 19.9 Å². The van der Waals surface area contributed by atoms with Gasteiger partial charge in [0.1, 0.15) is 0 Å². The van der Waals surface area contributed by atoms with E-state index in [-0.39, 0.29) is 11.9 Å². The maximum absolute atomic E-state index is 12.0. The Balaban J connectivity index is 2.70. The van der Waals surface area contributed by atoms with Crippen molar-refractivity contribution in [2.75, 3.05) is 6.54 Å². The zero-order valence-corrected chi connectivity index (χ0v) is 10.7. The fourth-order valence-corrected chi connectivity index (χ4v) is 1.93. The van der Waals surface area contributed by atoms with Crippen LogP contribution < -0.4 is 0 Å². The highest BCUT2D eigenvalue weighted by molar-refractivity contribution is 5.79. The van der Waals surface area contributed by atoms with Gasteiger partial charge in [-0.25, -0.2) is 0 Å². The van der Waals surface area contributed by atoms with Crippen LogP contribution in [0.1, 0.15) is 31.9 Å². The van der Waals surface area contributed by atoms with Gasteiger partial charge in [-0.1, -0.05) is 29.8 Å². The Hall–Kier alpha value is -1.31. The molecule has 0 aliphatic carbocycles. The molecule has 1 rings (SSSR count). The van der Waals surface area contributed by atoms with Gasteiger partial charge in [0.05, 0.1) is 6.42 Å². The summed E-state index contributed by atoms with van der Waals surface area (Å²) in [6.07, 6.45) is 0.508. The molecule has 0 spiro atoms. The van der Waals surface area contributed by atoms with Crippen molar-refractivity contribution in [2.45, 2.75) is 40.2 Å². The van der Waals surface area contributed by atoms with E-state index in [4.69, 9.17) is 0 Å². The first-order valence-corrected chi connectivity index (χ1v) is 5.89. The lowest BCUT2D eigenvalue weighted by Crippen LogP contribution is -2.37. The Morgan fingerprint density at radius 1 is 1.38 bits per heavy atom. The van der Waals surface area contributed by atoms with E-state index in [9.17, 15) is 4.79 Å². The predicted octanol–water partition coefficient (Wildman–Crippen LogP) is 2.79. The largest absolute Gasteiger partial charge is 0.340 e. The van der Waals surface area contributed by atoms with E-state index in [0.717, 1.165) is 12.1 Å². The summed E-state index contributed by atoms with van der Waals surface area (Å²) in [5, 5.41) is 0. The Morgan fingerprint density at radius 2 is 2.06 bits per heavy atom. The first-order chi connectivity index (χ1) is 7.54. The number of carbonyl (C=O) groups is 1. The van der Waals surface area contributed by atoms with Gasteiger partial charge >= 0.3 is 0 Å². The lowest BCUT2D eigenvalue weighted by molar-refractivity contribution is -0.131. The second-order valence-electron chi connectivity index (χ2n) is 4.44. The molecule has 1 aromatic rings. The molecule has 0 aliphatic heterocycles. The summed E-state index contributed by atoms with van der Waals surface area (Å²) in [5.74, 6) is 0.211. The standard InChI is InChI=1S/C14H21NO/c1-5-15(11(2)3)14(16)10-13-8-6-7-12(4)9-13/h6-9,11H,5,10H2,1-4H3. The van der Waals surface area contributed by atoms with Crippen LogP contribution in [0, 0.1) is 6.92 Å². The van der Waals surface area contributed by atoms with E-state index in [1.54, 1.807) is 0 Å². The number of hydrogen-bond donors (Lipinski definition) is 0. The molecule has 1 aromatic carbocycles. The molecule has 0 heterocycles. The van der Waals surface area contributed by atoms with Crippen LogP contribution in [-0.4, -0.2) is 23.4 Å². The highest BCUT2D eigenvalue weighted by Gasteiger charge is 2.14. The van der Waals surface area contributed by atoms with Crippen molar-refractivity contribution in [1.29, 1.82) is 0 Å². The number of benzene rings is 1. The van der Waals surface area contributed by atoms with Gasteiger partial charge in [0, 0.05) is 12.6 Å². The van der Waals surface area contributed by atoms with Crippen LogP contribution in [-0.2, 0) is 11.2 Å². The minimum atomic E-state index is 0.211. The number of amides is 1. The van der Waals surface area contributed by atoms with Crippen LogP contribution >= 0.6 is 0 Å². The topological polar surface area (TPSA) is 20.3 Å². The smallest absolute Gasteiger partial charge is 0.227 e. The number of rotatable bonds is 4. The summed E-state index contributed by atoms with van der Waals surface area (Å²) in [6.45, 7) is 8.96. The predicted molar refractivity (Wildman–Crippen MR) is 67.4 cm³/mol. The molecule has 1 amide bonds. The number of carbonyl (C=O) groups excluding carboxylic acids is 1. The molecule has 88 valence electrons. The molecule has 0 atom stereocenters. The molecule has 2 nitrogen and oxygen atoms in total. The highest BCUT2D eigenvalue weighted by atomic mass is 16.2. The van der Waals surface area contributed by atoms with Crippen molar-refractivity contribution < 1.29 is 4.79 Å². The normalized spacial score (nSPS) is 10.6. The van der Waals surface area contributed by atoms with E-state index in [1.165, 1.54) is 5.56 Å². The van der Waals surface area contributed by atoms with Gasteiger partial charge in [-0.3, -0.25) is 4.79 Å². The summed E-state index contributed by atoms with van der Waals surface area (Å²) in [7, 11) is 0. The van der Waals surface area contributed by atoms with Gasteiger partial charge in [-0.2, -0.15) is 0 Å². The summed E-state index contributed by atoms with van der Waals surface area (Å²) < 4.78 is 0. The monoisotopic (exact) mass is 219 g/mol. The average Bonchev–Trinajstić information content (AvgIpc) is 2.17. The molecular formula is C14H21NO. The van der Waals surface area contributed by atoms with E-state index in [0.29, 0.717) is 6.42 Å². The van der Waals surface area contributed by atoms with Gasteiger partial charge in [-0.05, 0) is 33.3 Å². The number of aryl methyl sites for hydroxylation is 1. The first kappa shape index (κ1) is 12.8. The minimum Gasteiger partial charge on any atom is -0.340 e. The molecule has 0 fully saturated rings. The molecule has 16 heavy (non-hydrogen) atoms. The molecule has 0 radical (unpaired) electrons. The highest BCUT2D eigenvalue weighted by Crippen LogP contribution is 2.08. The zero-order valence-electron chi connectivity index (χ0n) is 10.7. The second kappa shape index (κ2) is 5.69. The zero-order chi connectivity index (χ0) is 12.1. The third-order valence-corrected chi connectivity index (χ3v) is 2.72. The van der Waals surface area contributed by atoms with Gasteiger partial charge in [0.15, 0.2) is 0 Å². The number of likely N-dealkylation sites (N-methyl/N-ethyl adjacent to an activating group) is 1. The van der Waals surface area contributed by atoms with Crippen LogP contribution in [0.5, 0.6) is 0 Å². The third kappa shape index (κ3) is 3.37. The Bertz CT molecular complexity index is 358. The van der Waals surface area contributed by atoms with Gasteiger partial charge in [-0.15, -0.1) is 0 Å².